The van der Waals surface area contributed by atoms with Gasteiger partial charge < -0.3 is 19.5 Å². The normalized spacial score (nSPS) is 11.8. The fraction of sp³-hybridized carbons (Fsp3) is 0.667. The molecule has 0 saturated carbocycles. The van der Waals surface area contributed by atoms with E-state index in [1.807, 2.05) is 6.92 Å². The van der Waals surface area contributed by atoms with Gasteiger partial charge in [0.1, 0.15) is 0 Å². The van der Waals surface area contributed by atoms with Crippen LogP contribution in [0.1, 0.15) is 26.0 Å². The third kappa shape index (κ3) is 6.52. The first-order valence-corrected chi connectivity index (χ1v) is 8.25. The number of hydrogen-bond donors (Lipinski definition) is 1. The van der Waals surface area contributed by atoms with Gasteiger partial charge in [0.05, 0.1) is 6.54 Å². The quantitative estimate of drug-likeness (QED) is 0.441. The predicted octanol–water partition coefficient (Wildman–Crippen LogP) is 2.61. The molecule has 1 heterocycles. The van der Waals surface area contributed by atoms with Crippen molar-refractivity contribution in [1.29, 1.82) is 0 Å². The van der Waals surface area contributed by atoms with E-state index in [9.17, 15) is 0 Å². The number of guanidine groups is 1. The highest BCUT2D eigenvalue weighted by molar-refractivity contribution is 9.10. The Morgan fingerprint density at radius 3 is 2.81 bits per heavy atom. The van der Waals surface area contributed by atoms with Crippen molar-refractivity contribution in [3.05, 3.63) is 22.4 Å². The number of hydrogen-bond acceptors (Lipinski definition) is 2. The number of aryl methyl sites for hydroxylation is 1. The summed E-state index contributed by atoms with van der Waals surface area (Å²) in [6.45, 7) is 8.11. The zero-order valence-corrected chi connectivity index (χ0v) is 15.1. The summed E-state index contributed by atoms with van der Waals surface area (Å²) in [5.74, 6) is 0.936. The predicted molar refractivity (Wildman–Crippen MR) is 91.7 cm³/mol. The monoisotopic (exact) mass is 358 g/mol. The van der Waals surface area contributed by atoms with E-state index < -0.39 is 0 Å². The Morgan fingerprint density at radius 2 is 2.24 bits per heavy atom. The first kappa shape index (κ1) is 18.0. The molecule has 6 heteroatoms. The van der Waals surface area contributed by atoms with E-state index in [4.69, 9.17) is 4.74 Å². The van der Waals surface area contributed by atoms with Gasteiger partial charge >= 0.3 is 0 Å². The summed E-state index contributed by atoms with van der Waals surface area (Å²) in [7, 11) is 4.12. The third-order valence-corrected chi connectivity index (χ3v) is 3.52. The van der Waals surface area contributed by atoms with E-state index >= 15 is 0 Å². The molecule has 0 spiro atoms. The van der Waals surface area contributed by atoms with E-state index in [2.05, 4.69) is 69.0 Å². The van der Waals surface area contributed by atoms with Crippen molar-refractivity contribution < 1.29 is 4.74 Å². The van der Waals surface area contributed by atoms with Crippen LogP contribution in [0.25, 0.3) is 0 Å². The minimum atomic E-state index is 0.770. The molecule has 0 unspecified atom stereocenters. The molecule has 5 nitrogen and oxygen atoms in total. The average Bonchev–Trinajstić information content (AvgIpc) is 2.75. The summed E-state index contributed by atoms with van der Waals surface area (Å²) in [6, 6.07) is 2.13. The minimum Gasteiger partial charge on any atom is -0.382 e. The first-order valence-electron chi connectivity index (χ1n) is 7.46. The van der Waals surface area contributed by atoms with Crippen LogP contribution in [-0.2, 0) is 18.3 Å². The lowest BCUT2D eigenvalue weighted by Crippen LogP contribution is -2.39. The zero-order chi connectivity index (χ0) is 15.7. The van der Waals surface area contributed by atoms with Gasteiger partial charge in [-0.1, -0.05) is 0 Å². The van der Waals surface area contributed by atoms with E-state index in [0.29, 0.717) is 0 Å². The average molecular weight is 359 g/mol. The molecule has 1 N–H and O–H groups in total. The molecule has 0 amide bonds. The summed E-state index contributed by atoms with van der Waals surface area (Å²) in [4.78, 5) is 6.79. The van der Waals surface area contributed by atoms with E-state index in [0.717, 1.165) is 49.7 Å². The molecular formula is C15H27BrN4O. The molecule has 0 radical (unpaired) electrons. The Hall–Kier alpha value is -1.01. The number of nitrogens with one attached hydrogen (secondary N) is 1. The molecule has 1 rings (SSSR count). The highest BCUT2D eigenvalue weighted by Crippen LogP contribution is 2.14. The number of halogens is 1. The molecular weight excluding hydrogens is 332 g/mol. The Kier molecular flexibility index (Phi) is 8.45. The van der Waals surface area contributed by atoms with E-state index in [-0.39, 0.29) is 0 Å². The lowest BCUT2D eigenvalue weighted by molar-refractivity contribution is 0.146. The summed E-state index contributed by atoms with van der Waals surface area (Å²) in [6.07, 6.45) is 3.02. The van der Waals surface area contributed by atoms with Crippen LogP contribution >= 0.6 is 15.9 Å². The van der Waals surface area contributed by atoms with Crippen molar-refractivity contribution in [3.8, 4) is 0 Å². The van der Waals surface area contributed by atoms with Crippen LogP contribution in [0.2, 0.25) is 0 Å². The molecule has 1 aromatic heterocycles. The lowest BCUT2D eigenvalue weighted by Gasteiger charge is -2.22. The Morgan fingerprint density at radius 1 is 1.48 bits per heavy atom. The van der Waals surface area contributed by atoms with Gasteiger partial charge in [0, 0.05) is 56.8 Å². The minimum absolute atomic E-state index is 0.770. The van der Waals surface area contributed by atoms with Crippen LogP contribution < -0.4 is 5.32 Å². The van der Waals surface area contributed by atoms with Crippen molar-refractivity contribution in [2.45, 2.75) is 26.8 Å². The van der Waals surface area contributed by atoms with Gasteiger partial charge in [0.25, 0.3) is 0 Å². The van der Waals surface area contributed by atoms with Crippen LogP contribution in [0.3, 0.4) is 0 Å². The molecule has 21 heavy (non-hydrogen) atoms. The van der Waals surface area contributed by atoms with Gasteiger partial charge in [-0.15, -0.1) is 0 Å². The smallest absolute Gasteiger partial charge is 0.194 e. The van der Waals surface area contributed by atoms with Crippen molar-refractivity contribution in [1.82, 2.24) is 14.8 Å². The van der Waals surface area contributed by atoms with Gasteiger partial charge in [0.2, 0.25) is 0 Å². The van der Waals surface area contributed by atoms with Crippen LogP contribution in [0, 0.1) is 0 Å². The van der Waals surface area contributed by atoms with Crippen molar-refractivity contribution in [2.75, 3.05) is 33.4 Å². The van der Waals surface area contributed by atoms with Crippen LogP contribution in [0.5, 0.6) is 0 Å². The maximum absolute atomic E-state index is 5.34. The molecule has 0 aliphatic rings. The molecule has 1 aromatic rings. The summed E-state index contributed by atoms with van der Waals surface area (Å²) in [5, 5.41) is 3.33. The summed E-state index contributed by atoms with van der Waals surface area (Å²) < 4.78 is 8.57. The Bertz CT molecular complexity index is 445. The second-order valence-electron chi connectivity index (χ2n) is 4.90. The molecule has 120 valence electrons. The van der Waals surface area contributed by atoms with Crippen LogP contribution in [0.15, 0.2) is 21.7 Å². The molecule has 0 aliphatic carbocycles. The molecule has 0 aliphatic heterocycles. The van der Waals surface area contributed by atoms with Gasteiger partial charge in [-0.25, -0.2) is 0 Å². The molecule has 0 fully saturated rings. The van der Waals surface area contributed by atoms with E-state index in [1.165, 1.54) is 5.69 Å². The van der Waals surface area contributed by atoms with Crippen molar-refractivity contribution in [3.63, 3.8) is 0 Å². The SMILES string of the molecule is CCNC(=NCCCOCC)N(C)Cc1cc(Br)cn1C. The maximum Gasteiger partial charge on any atom is 0.194 e. The maximum atomic E-state index is 5.34. The number of nitrogens with zero attached hydrogens (tertiary/aromatic N) is 3. The number of aliphatic imine (C=N–C) groups is 1. The van der Waals surface area contributed by atoms with Crippen LogP contribution in [-0.4, -0.2) is 48.8 Å². The summed E-state index contributed by atoms with van der Waals surface area (Å²) >= 11 is 3.51. The topological polar surface area (TPSA) is 41.8 Å². The molecule has 0 saturated heterocycles. The number of aromatic nitrogens is 1. The van der Waals surface area contributed by atoms with Crippen molar-refractivity contribution in [2.24, 2.45) is 12.0 Å². The second kappa shape index (κ2) is 9.84. The van der Waals surface area contributed by atoms with Crippen molar-refractivity contribution >= 4 is 21.9 Å². The van der Waals surface area contributed by atoms with Gasteiger partial charge in [-0.05, 0) is 42.3 Å². The molecule has 0 aromatic carbocycles. The summed E-state index contributed by atoms with van der Waals surface area (Å²) in [5.41, 5.74) is 1.24. The van der Waals surface area contributed by atoms with Gasteiger partial charge in [0.15, 0.2) is 5.96 Å². The number of rotatable bonds is 8. The first-order chi connectivity index (χ1) is 10.1. The van der Waals surface area contributed by atoms with Crippen LogP contribution in [0.4, 0.5) is 0 Å². The Labute approximate surface area is 136 Å². The molecule has 0 atom stereocenters. The van der Waals surface area contributed by atoms with Gasteiger partial charge in [-0.3, -0.25) is 4.99 Å². The third-order valence-electron chi connectivity index (χ3n) is 3.08. The lowest BCUT2D eigenvalue weighted by atomic mass is 10.4. The second-order valence-corrected chi connectivity index (χ2v) is 5.82. The zero-order valence-electron chi connectivity index (χ0n) is 13.5. The number of ether oxygens (including phenoxy) is 1. The largest absolute Gasteiger partial charge is 0.382 e. The van der Waals surface area contributed by atoms with E-state index in [1.54, 1.807) is 0 Å². The fourth-order valence-corrected chi connectivity index (χ4v) is 2.58. The Balaban J connectivity index is 2.57. The fourth-order valence-electron chi connectivity index (χ4n) is 2.01. The standard InChI is InChI=1S/C15H27BrN4O/c1-5-17-15(18-8-7-9-21-6-2)20(4)12-14-10-13(16)11-19(14)3/h10-11H,5-9,12H2,1-4H3,(H,17,18). The molecule has 0 bridgehead atoms. The highest BCUT2D eigenvalue weighted by Gasteiger charge is 2.09. The van der Waals surface area contributed by atoms with Gasteiger partial charge in [-0.2, -0.15) is 0 Å². The highest BCUT2D eigenvalue weighted by atomic mass is 79.9.